The first-order chi connectivity index (χ1) is 15.4. The van der Waals surface area contributed by atoms with Crippen LogP contribution in [-0.2, 0) is 7.05 Å². The Hall–Kier alpha value is -3.26. The standard InChI is InChI=1S/C22H30N6O2.C2H6/c1-6-13-27(4)14-12-23-22(30)20-19(15-28(5)26-20)25-21(29)18-11-9-10-17(24-18)16(7-2)8-3;1-2/h7-11,15H,2,6,12-14H2,1,3-5H3,(H,23,30)(H,25,29);1-2H3/b16-8+;. The predicted molar refractivity (Wildman–Crippen MR) is 131 cm³/mol. The molecule has 2 aromatic heterocycles. The first-order valence-corrected chi connectivity index (χ1v) is 11.0. The van der Waals surface area contributed by atoms with Gasteiger partial charge in [0.05, 0.1) is 11.4 Å². The number of nitrogens with one attached hydrogen (secondary N) is 2. The van der Waals surface area contributed by atoms with Crippen LogP contribution in [0, 0.1) is 0 Å². The minimum Gasteiger partial charge on any atom is -0.349 e. The SMILES string of the molecule is C=C/C(=C\C)c1cccc(C(=O)Nc2cn(C)nc2C(=O)NCCN(C)CCC)n1.CC. The maximum absolute atomic E-state index is 12.7. The molecule has 0 aliphatic rings. The van der Waals surface area contributed by atoms with Crippen LogP contribution < -0.4 is 10.6 Å². The minimum atomic E-state index is -0.416. The van der Waals surface area contributed by atoms with Gasteiger partial charge in [0.15, 0.2) is 5.69 Å². The van der Waals surface area contributed by atoms with E-state index in [2.05, 4.69) is 39.1 Å². The van der Waals surface area contributed by atoms with E-state index in [9.17, 15) is 9.59 Å². The van der Waals surface area contributed by atoms with Gasteiger partial charge in [-0.05, 0) is 44.6 Å². The summed E-state index contributed by atoms with van der Waals surface area (Å²) in [6, 6.07) is 5.19. The number of anilines is 1. The molecule has 0 aliphatic carbocycles. The van der Waals surface area contributed by atoms with Crippen molar-refractivity contribution in [1.29, 1.82) is 0 Å². The van der Waals surface area contributed by atoms with Gasteiger partial charge >= 0.3 is 0 Å². The topological polar surface area (TPSA) is 92.1 Å². The number of hydrogen-bond acceptors (Lipinski definition) is 5. The summed E-state index contributed by atoms with van der Waals surface area (Å²) in [4.78, 5) is 31.8. The molecule has 2 rings (SSSR count). The molecule has 2 aromatic rings. The van der Waals surface area contributed by atoms with Gasteiger partial charge in [0.1, 0.15) is 5.69 Å². The smallest absolute Gasteiger partial charge is 0.274 e. The number of aryl methyl sites for hydroxylation is 1. The van der Waals surface area contributed by atoms with Crippen LogP contribution in [0.15, 0.2) is 43.1 Å². The van der Waals surface area contributed by atoms with Crippen molar-refractivity contribution in [3.8, 4) is 0 Å². The molecule has 0 spiro atoms. The Balaban J connectivity index is 0.00000249. The van der Waals surface area contributed by atoms with E-state index in [1.165, 1.54) is 4.68 Å². The molecular weight excluding hydrogens is 404 g/mol. The Morgan fingerprint density at radius 3 is 2.50 bits per heavy atom. The van der Waals surface area contributed by atoms with Gasteiger partial charge in [0, 0.05) is 26.3 Å². The van der Waals surface area contributed by atoms with Crippen molar-refractivity contribution >= 4 is 23.1 Å². The van der Waals surface area contributed by atoms with Crippen LogP contribution in [0.4, 0.5) is 5.69 Å². The maximum Gasteiger partial charge on any atom is 0.274 e. The summed E-state index contributed by atoms with van der Waals surface area (Å²) in [5, 5.41) is 9.80. The Labute approximate surface area is 191 Å². The predicted octanol–water partition coefficient (Wildman–Crippen LogP) is 3.75. The van der Waals surface area contributed by atoms with Crippen LogP contribution >= 0.6 is 0 Å². The summed E-state index contributed by atoms with van der Waals surface area (Å²) < 4.78 is 1.49. The molecule has 0 aromatic carbocycles. The van der Waals surface area contributed by atoms with E-state index >= 15 is 0 Å². The molecule has 0 aliphatic heterocycles. The van der Waals surface area contributed by atoms with E-state index in [0.29, 0.717) is 17.9 Å². The summed E-state index contributed by atoms with van der Waals surface area (Å²) in [7, 11) is 3.71. The highest BCUT2D eigenvalue weighted by Crippen LogP contribution is 2.16. The number of nitrogens with zero attached hydrogens (tertiary/aromatic N) is 4. The Morgan fingerprint density at radius 1 is 1.19 bits per heavy atom. The van der Waals surface area contributed by atoms with Crippen LogP contribution in [0.3, 0.4) is 0 Å². The Morgan fingerprint density at radius 2 is 1.88 bits per heavy atom. The summed E-state index contributed by atoms with van der Waals surface area (Å²) in [5.74, 6) is -0.749. The fraction of sp³-hybridized carbons (Fsp3) is 0.417. The lowest BCUT2D eigenvalue weighted by molar-refractivity contribution is 0.0945. The second-order valence-corrected chi connectivity index (χ2v) is 6.93. The highest BCUT2D eigenvalue weighted by Gasteiger charge is 2.19. The van der Waals surface area contributed by atoms with Crippen LogP contribution in [-0.4, -0.2) is 58.2 Å². The normalized spacial score (nSPS) is 10.9. The fourth-order valence-electron chi connectivity index (χ4n) is 2.96. The highest BCUT2D eigenvalue weighted by atomic mass is 16.2. The van der Waals surface area contributed by atoms with Crippen LogP contribution in [0.25, 0.3) is 5.57 Å². The van der Waals surface area contributed by atoms with E-state index < -0.39 is 5.91 Å². The van der Waals surface area contributed by atoms with Crippen LogP contribution in [0.1, 0.15) is 60.8 Å². The molecule has 0 saturated carbocycles. The quantitative estimate of drug-likeness (QED) is 0.549. The van der Waals surface area contributed by atoms with Gasteiger partial charge in [0.2, 0.25) is 0 Å². The van der Waals surface area contributed by atoms with Crippen molar-refractivity contribution in [2.24, 2.45) is 7.05 Å². The number of pyridine rings is 1. The molecule has 8 heteroatoms. The second-order valence-electron chi connectivity index (χ2n) is 6.93. The molecule has 0 saturated heterocycles. The van der Waals surface area contributed by atoms with Crippen molar-refractivity contribution in [3.63, 3.8) is 0 Å². The summed E-state index contributed by atoms with van der Waals surface area (Å²) in [6.45, 7) is 14.0. The van der Waals surface area contributed by atoms with Crippen LogP contribution in [0.2, 0.25) is 0 Å². The van der Waals surface area contributed by atoms with Gasteiger partial charge in [0.25, 0.3) is 11.8 Å². The second kappa shape index (κ2) is 13.9. The molecule has 2 amide bonds. The zero-order valence-corrected chi connectivity index (χ0v) is 20.1. The van der Waals surface area contributed by atoms with E-state index in [-0.39, 0.29) is 17.3 Å². The van der Waals surface area contributed by atoms with E-state index in [1.807, 2.05) is 40.0 Å². The zero-order chi connectivity index (χ0) is 24.1. The fourth-order valence-corrected chi connectivity index (χ4v) is 2.96. The molecule has 0 fully saturated rings. The highest BCUT2D eigenvalue weighted by molar-refractivity contribution is 6.07. The molecule has 174 valence electrons. The third-order valence-electron chi connectivity index (χ3n) is 4.48. The Kier molecular flexibility index (Phi) is 11.7. The average molecular weight is 441 g/mol. The summed E-state index contributed by atoms with van der Waals surface area (Å²) in [5.41, 5.74) is 2.23. The largest absolute Gasteiger partial charge is 0.349 e. The lowest BCUT2D eigenvalue weighted by Gasteiger charge is -2.15. The molecule has 2 heterocycles. The van der Waals surface area contributed by atoms with Crippen molar-refractivity contribution in [3.05, 3.63) is 60.2 Å². The van der Waals surface area contributed by atoms with Gasteiger partial charge in [-0.1, -0.05) is 45.6 Å². The van der Waals surface area contributed by atoms with Gasteiger partial charge in [-0.25, -0.2) is 4.98 Å². The number of carbonyl (C=O) groups is 2. The van der Waals surface area contributed by atoms with Crippen molar-refractivity contribution in [2.45, 2.75) is 34.1 Å². The molecule has 8 nitrogen and oxygen atoms in total. The molecule has 0 bridgehead atoms. The van der Waals surface area contributed by atoms with Gasteiger partial charge in [-0.2, -0.15) is 5.10 Å². The third-order valence-corrected chi connectivity index (χ3v) is 4.48. The first-order valence-electron chi connectivity index (χ1n) is 11.0. The lowest BCUT2D eigenvalue weighted by Crippen LogP contribution is -2.34. The molecule has 0 radical (unpaired) electrons. The number of allylic oxidation sites excluding steroid dienone is 3. The van der Waals surface area contributed by atoms with Crippen molar-refractivity contribution in [2.75, 3.05) is 32.0 Å². The van der Waals surface area contributed by atoms with Gasteiger partial charge in [-0.3, -0.25) is 14.3 Å². The number of rotatable bonds is 10. The maximum atomic E-state index is 12.7. The van der Waals surface area contributed by atoms with Crippen molar-refractivity contribution < 1.29 is 9.59 Å². The summed E-state index contributed by atoms with van der Waals surface area (Å²) >= 11 is 0. The van der Waals surface area contributed by atoms with Crippen LogP contribution in [0.5, 0.6) is 0 Å². The minimum absolute atomic E-state index is 0.167. The number of amides is 2. The van der Waals surface area contributed by atoms with E-state index in [4.69, 9.17) is 0 Å². The number of hydrogen-bond donors (Lipinski definition) is 2. The number of aromatic nitrogens is 3. The van der Waals surface area contributed by atoms with E-state index in [0.717, 1.165) is 25.1 Å². The average Bonchev–Trinajstić information content (AvgIpc) is 3.16. The molecule has 32 heavy (non-hydrogen) atoms. The summed E-state index contributed by atoms with van der Waals surface area (Å²) in [6.07, 6.45) is 6.21. The molecular formula is C24H36N6O2. The molecule has 0 atom stereocenters. The van der Waals surface area contributed by atoms with Gasteiger partial charge in [-0.15, -0.1) is 0 Å². The Bertz CT molecular complexity index is 932. The number of carbonyl (C=O) groups excluding carboxylic acids is 2. The molecule has 0 unspecified atom stereocenters. The molecule has 2 N–H and O–H groups in total. The number of likely N-dealkylation sites (N-methyl/N-ethyl adjacent to an activating group) is 1. The van der Waals surface area contributed by atoms with Crippen molar-refractivity contribution in [1.82, 2.24) is 25.0 Å². The lowest BCUT2D eigenvalue weighted by atomic mass is 10.1. The monoisotopic (exact) mass is 440 g/mol. The first kappa shape index (κ1) is 26.8. The van der Waals surface area contributed by atoms with E-state index in [1.54, 1.807) is 31.5 Å². The zero-order valence-electron chi connectivity index (χ0n) is 20.1. The third kappa shape index (κ3) is 7.77. The van der Waals surface area contributed by atoms with Gasteiger partial charge < -0.3 is 15.5 Å².